The van der Waals surface area contributed by atoms with E-state index in [9.17, 15) is 9.59 Å². The fourth-order valence-electron chi connectivity index (χ4n) is 2.81. The largest absolute Gasteiger partial charge is 0.483 e. The summed E-state index contributed by atoms with van der Waals surface area (Å²) in [5, 5.41) is 3.04. The van der Waals surface area contributed by atoms with Gasteiger partial charge in [0.25, 0.3) is 5.91 Å². The number of hydrogen-bond donors (Lipinski definition) is 1. The molecule has 2 atom stereocenters. The van der Waals surface area contributed by atoms with Gasteiger partial charge >= 0.3 is 0 Å². The highest BCUT2D eigenvalue weighted by Gasteiger charge is 2.22. The molecule has 1 aromatic rings. The molecule has 0 aliphatic heterocycles. The number of carbonyl (C=O) groups is 2. The topological polar surface area (TPSA) is 55.4 Å². The molecule has 2 rings (SSSR count). The van der Waals surface area contributed by atoms with Gasteiger partial charge in [-0.2, -0.15) is 0 Å². The van der Waals surface area contributed by atoms with Gasteiger partial charge in [-0.1, -0.05) is 31.9 Å². The predicted molar refractivity (Wildman–Crippen MR) is 81.5 cm³/mol. The summed E-state index contributed by atoms with van der Waals surface area (Å²) in [6, 6.07) is 7.25. The molecule has 0 radical (unpaired) electrons. The van der Waals surface area contributed by atoms with Crippen LogP contribution in [0.5, 0.6) is 5.75 Å². The number of amides is 1. The Hall–Kier alpha value is -1.84. The van der Waals surface area contributed by atoms with Crippen molar-refractivity contribution in [1.29, 1.82) is 0 Å². The summed E-state index contributed by atoms with van der Waals surface area (Å²) in [6.45, 7) is 3.62. The molecule has 21 heavy (non-hydrogen) atoms. The van der Waals surface area contributed by atoms with Crippen molar-refractivity contribution < 1.29 is 14.3 Å². The molecular formula is C17H23NO3. The van der Waals surface area contributed by atoms with Crippen molar-refractivity contribution >= 4 is 11.7 Å². The third-order valence-corrected chi connectivity index (χ3v) is 4.08. The highest BCUT2D eigenvalue weighted by atomic mass is 16.5. The molecule has 0 heterocycles. The number of benzene rings is 1. The van der Waals surface area contributed by atoms with Gasteiger partial charge in [0.2, 0.25) is 0 Å². The van der Waals surface area contributed by atoms with E-state index in [4.69, 9.17) is 4.74 Å². The molecule has 4 heteroatoms. The highest BCUT2D eigenvalue weighted by Crippen LogP contribution is 2.23. The molecular weight excluding hydrogens is 266 g/mol. The quantitative estimate of drug-likeness (QED) is 0.848. The summed E-state index contributed by atoms with van der Waals surface area (Å²) >= 11 is 0. The van der Waals surface area contributed by atoms with Crippen molar-refractivity contribution in [3.63, 3.8) is 0 Å². The minimum Gasteiger partial charge on any atom is -0.483 e. The molecule has 1 aromatic carbocycles. The van der Waals surface area contributed by atoms with Crippen LogP contribution in [0.2, 0.25) is 0 Å². The van der Waals surface area contributed by atoms with E-state index in [0.29, 0.717) is 17.2 Å². The summed E-state index contributed by atoms with van der Waals surface area (Å²) in [6.07, 6.45) is 4.62. The van der Waals surface area contributed by atoms with Gasteiger partial charge in [0, 0.05) is 6.04 Å². The first kappa shape index (κ1) is 15.5. The Labute approximate surface area is 125 Å². The normalized spacial score (nSPS) is 21.6. The van der Waals surface area contributed by atoms with Gasteiger partial charge in [0.1, 0.15) is 5.75 Å². The Morgan fingerprint density at radius 1 is 1.24 bits per heavy atom. The first-order valence-electron chi connectivity index (χ1n) is 7.60. The smallest absolute Gasteiger partial charge is 0.258 e. The number of ketones is 1. The second-order valence-corrected chi connectivity index (χ2v) is 5.78. The Kier molecular flexibility index (Phi) is 5.37. The molecule has 1 N–H and O–H groups in total. The lowest BCUT2D eigenvalue weighted by molar-refractivity contribution is -0.124. The van der Waals surface area contributed by atoms with Gasteiger partial charge in [0.05, 0.1) is 5.56 Å². The number of carbonyl (C=O) groups excluding carboxylic acids is 2. The van der Waals surface area contributed by atoms with Crippen LogP contribution in [0.1, 0.15) is 49.9 Å². The summed E-state index contributed by atoms with van der Waals surface area (Å²) in [7, 11) is 0. The third-order valence-electron chi connectivity index (χ3n) is 4.08. The van der Waals surface area contributed by atoms with E-state index in [1.165, 1.54) is 26.2 Å². The lowest BCUT2D eigenvalue weighted by atomic mass is 9.86. The molecule has 0 saturated heterocycles. The maximum Gasteiger partial charge on any atom is 0.258 e. The Bertz CT molecular complexity index is 513. The second kappa shape index (κ2) is 7.25. The number of para-hydroxylation sites is 1. The van der Waals surface area contributed by atoms with Crippen molar-refractivity contribution in [2.75, 3.05) is 6.61 Å². The molecule has 1 aliphatic rings. The molecule has 0 aromatic heterocycles. The van der Waals surface area contributed by atoms with Crippen LogP contribution < -0.4 is 10.1 Å². The van der Waals surface area contributed by atoms with Crippen molar-refractivity contribution in [1.82, 2.24) is 5.32 Å². The first-order chi connectivity index (χ1) is 10.1. The minimum atomic E-state index is -0.118. The monoisotopic (exact) mass is 289 g/mol. The molecule has 0 bridgehead atoms. The molecule has 1 aliphatic carbocycles. The fourth-order valence-corrected chi connectivity index (χ4v) is 2.81. The van der Waals surface area contributed by atoms with Gasteiger partial charge < -0.3 is 10.1 Å². The summed E-state index contributed by atoms with van der Waals surface area (Å²) in [5.74, 6) is 0.808. The minimum absolute atomic E-state index is 0.0481. The van der Waals surface area contributed by atoms with Crippen molar-refractivity contribution in [3.8, 4) is 5.75 Å². The van der Waals surface area contributed by atoms with Crippen molar-refractivity contribution in [2.24, 2.45) is 5.92 Å². The SMILES string of the molecule is CC(=O)c1ccccc1OCC(=O)N[C@H]1CCCC[C@H]1C. The zero-order valence-electron chi connectivity index (χ0n) is 12.7. The number of ether oxygens (including phenoxy) is 1. The number of Topliss-reactive ketones (excluding diaryl/α,β-unsaturated/α-hetero) is 1. The fraction of sp³-hybridized carbons (Fsp3) is 0.529. The lowest BCUT2D eigenvalue weighted by Gasteiger charge is -2.29. The maximum atomic E-state index is 12.0. The van der Waals surface area contributed by atoms with E-state index in [2.05, 4.69) is 12.2 Å². The standard InChI is InChI=1S/C17H23NO3/c1-12-7-3-5-9-15(12)18-17(20)11-21-16-10-6-4-8-14(16)13(2)19/h4,6,8,10,12,15H,3,5,7,9,11H2,1-2H3,(H,18,20)/t12-,15+/m1/s1. The molecule has 1 amide bonds. The molecule has 0 spiro atoms. The van der Waals surface area contributed by atoms with Crippen LogP contribution in [0.3, 0.4) is 0 Å². The van der Waals surface area contributed by atoms with Gasteiger partial charge in [-0.25, -0.2) is 0 Å². The summed E-state index contributed by atoms with van der Waals surface area (Å²) in [4.78, 5) is 23.5. The van der Waals surface area contributed by atoms with Gasteiger partial charge in [0.15, 0.2) is 12.4 Å². The number of hydrogen-bond acceptors (Lipinski definition) is 3. The van der Waals surface area contributed by atoms with Gasteiger partial charge in [-0.3, -0.25) is 9.59 Å². The Morgan fingerprint density at radius 2 is 1.95 bits per heavy atom. The predicted octanol–water partition coefficient (Wildman–Crippen LogP) is 2.96. The van der Waals surface area contributed by atoms with Crippen LogP contribution >= 0.6 is 0 Å². The van der Waals surface area contributed by atoms with Gasteiger partial charge in [-0.15, -0.1) is 0 Å². The highest BCUT2D eigenvalue weighted by molar-refractivity contribution is 5.96. The van der Waals surface area contributed by atoms with Crippen LogP contribution in [-0.4, -0.2) is 24.3 Å². The molecule has 114 valence electrons. The average Bonchev–Trinajstić information content (AvgIpc) is 2.48. The first-order valence-corrected chi connectivity index (χ1v) is 7.60. The summed E-state index contributed by atoms with van der Waals surface area (Å²) in [5.41, 5.74) is 0.510. The maximum absolute atomic E-state index is 12.0. The molecule has 1 saturated carbocycles. The van der Waals surface area contributed by atoms with Gasteiger partial charge in [-0.05, 0) is 37.8 Å². The van der Waals surface area contributed by atoms with Crippen molar-refractivity contribution in [2.45, 2.75) is 45.6 Å². The zero-order valence-corrected chi connectivity index (χ0v) is 12.7. The van der Waals surface area contributed by atoms with Crippen LogP contribution in [0.25, 0.3) is 0 Å². The lowest BCUT2D eigenvalue weighted by Crippen LogP contribution is -2.43. The van der Waals surface area contributed by atoms with E-state index in [1.807, 2.05) is 0 Å². The van der Waals surface area contributed by atoms with E-state index < -0.39 is 0 Å². The molecule has 4 nitrogen and oxygen atoms in total. The Balaban J connectivity index is 1.88. The molecule has 1 fully saturated rings. The van der Waals surface area contributed by atoms with E-state index in [1.54, 1.807) is 24.3 Å². The zero-order chi connectivity index (χ0) is 15.2. The third kappa shape index (κ3) is 4.31. The van der Waals surface area contributed by atoms with Crippen LogP contribution in [0.4, 0.5) is 0 Å². The number of nitrogens with one attached hydrogen (secondary N) is 1. The van der Waals surface area contributed by atoms with E-state index >= 15 is 0 Å². The average molecular weight is 289 g/mol. The van der Waals surface area contributed by atoms with Crippen LogP contribution in [0, 0.1) is 5.92 Å². The van der Waals surface area contributed by atoms with E-state index in [0.717, 1.165) is 6.42 Å². The number of rotatable bonds is 5. The van der Waals surface area contributed by atoms with Crippen LogP contribution in [0.15, 0.2) is 24.3 Å². The summed E-state index contributed by atoms with van der Waals surface area (Å²) < 4.78 is 5.50. The molecule has 0 unspecified atom stereocenters. The van der Waals surface area contributed by atoms with E-state index in [-0.39, 0.29) is 24.3 Å². The Morgan fingerprint density at radius 3 is 2.67 bits per heavy atom. The van der Waals surface area contributed by atoms with Crippen molar-refractivity contribution in [3.05, 3.63) is 29.8 Å². The van der Waals surface area contributed by atoms with Crippen LogP contribution in [-0.2, 0) is 4.79 Å². The second-order valence-electron chi connectivity index (χ2n) is 5.78.